The molecule has 1 atom stereocenters. The summed E-state index contributed by atoms with van der Waals surface area (Å²) in [7, 11) is -3.26. The van der Waals surface area contributed by atoms with Crippen LogP contribution in [0.4, 0.5) is 17.3 Å². The molecule has 10 nitrogen and oxygen atoms in total. The fraction of sp³-hybridized carbons (Fsp3) is 0.346. The van der Waals surface area contributed by atoms with Crippen LogP contribution in [0.2, 0.25) is 0 Å². The zero-order chi connectivity index (χ0) is 25.8. The van der Waals surface area contributed by atoms with Gasteiger partial charge in [-0.3, -0.25) is 0 Å². The molecule has 192 valence electrons. The van der Waals surface area contributed by atoms with E-state index < -0.39 is 10.0 Å². The van der Waals surface area contributed by atoms with Crippen LogP contribution in [0.15, 0.2) is 54.7 Å². The van der Waals surface area contributed by atoms with Gasteiger partial charge < -0.3 is 19.7 Å². The number of nitrogens with one attached hydrogen (secondary N) is 1. The fourth-order valence-corrected chi connectivity index (χ4v) is 5.31. The van der Waals surface area contributed by atoms with Crippen molar-refractivity contribution < 1.29 is 17.9 Å². The lowest BCUT2D eigenvalue weighted by Gasteiger charge is -2.28. The maximum Gasteiger partial charge on any atom is 0.227 e. The Kier molecular flexibility index (Phi) is 7.23. The van der Waals surface area contributed by atoms with Crippen molar-refractivity contribution in [2.75, 3.05) is 55.9 Å². The molecule has 0 aliphatic carbocycles. The van der Waals surface area contributed by atoms with E-state index in [2.05, 4.69) is 38.4 Å². The van der Waals surface area contributed by atoms with Gasteiger partial charge in [0, 0.05) is 42.8 Å². The highest BCUT2D eigenvalue weighted by atomic mass is 32.2. The minimum absolute atomic E-state index is 0.278. The van der Waals surface area contributed by atoms with Gasteiger partial charge in [0.2, 0.25) is 16.0 Å². The van der Waals surface area contributed by atoms with Crippen LogP contribution in [0, 0.1) is 11.3 Å². The van der Waals surface area contributed by atoms with Crippen molar-refractivity contribution in [2.45, 2.75) is 12.5 Å². The number of benzene rings is 2. The standard InChI is InChI=1S/C26H28N6O4S/c1-37(33,34)32-11-9-23(18-32)36-25-7-2-19(16-20(25)17-27)24-8-10-28-26(30-24)29-21-3-5-22(6-4-21)31-12-14-35-15-13-31/h2-8,10,16,23H,9,11-15,18H2,1H3,(H,28,29,30). The van der Waals surface area contributed by atoms with Crippen molar-refractivity contribution in [3.8, 4) is 23.1 Å². The number of hydrogen-bond acceptors (Lipinski definition) is 9. The molecule has 2 aliphatic heterocycles. The van der Waals surface area contributed by atoms with Crippen LogP contribution in [-0.2, 0) is 14.8 Å². The molecule has 37 heavy (non-hydrogen) atoms. The second kappa shape index (κ2) is 10.7. The minimum Gasteiger partial charge on any atom is -0.488 e. The number of morpholine rings is 1. The molecule has 2 aliphatic rings. The average molecular weight is 521 g/mol. The van der Waals surface area contributed by atoms with E-state index in [0.717, 1.165) is 43.2 Å². The van der Waals surface area contributed by atoms with Crippen molar-refractivity contribution >= 4 is 27.3 Å². The van der Waals surface area contributed by atoms with Gasteiger partial charge in [-0.05, 0) is 55.0 Å². The number of anilines is 3. The van der Waals surface area contributed by atoms with Crippen molar-refractivity contribution in [1.29, 1.82) is 5.26 Å². The molecule has 3 aromatic rings. The fourth-order valence-electron chi connectivity index (χ4n) is 4.44. The van der Waals surface area contributed by atoms with Gasteiger partial charge in [-0.1, -0.05) is 0 Å². The van der Waals surface area contributed by atoms with Gasteiger partial charge in [-0.15, -0.1) is 0 Å². The van der Waals surface area contributed by atoms with Crippen LogP contribution in [0.25, 0.3) is 11.3 Å². The van der Waals surface area contributed by atoms with E-state index in [1.54, 1.807) is 24.4 Å². The zero-order valence-corrected chi connectivity index (χ0v) is 21.3. The molecule has 1 aromatic heterocycles. The van der Waals surface area contributed by atoms with E-state index >= 15 is 0 Å². The van der Waals surface area contributed by atoms with Gasteiger partial charge in [-0.25, -0.2) is 18.4 Å². The summed E-state index contributed by atoms with van der Waals surface area (Å²) in [5, 5.41) is 13.0. The first-order chi connectivity index (χ1) is 17.9. The van der Waals surface area contributed by atoms with Crippen molar-refractivity contribution in [3.05, 3.63) is 60.3 Å². The van der Waals surface area contributed by atoms with E-state index in [0.29, 0.717) is 35.9 Å². The molecule has 0 amide bonds. The Bertz CT molecular complexity index is 1400. The van der Waals surface area contributed by atoms with Gasteiger partial charge >= 0.3 is 0 Å². The SMILES string of the molecule is CS(=O)(=O)N1CCC(Oc2ccc(-c3ccnc(Nc4ccc(N5CCOCC5)cc4)n3)cc2C#N)C1. The van der Waals surface area contributed by atoms with Gasteiger partial charge in [-0.2, -0.15) is 9.57 Å². The Morgan fingerprint density at radius 1 is 1.11 bits per heavy atom. The summed E-state index contributed by atoms with van der Waals surface area (Å²) in [6.07, 6.45) is 3.14. The topological polar surface area (TPSA) is 121 Å². The average Bonchev–Trinajstić information content (AvgIpc) is 3.39. The van der Waals surface area contributed by atoms with E-state index in [9.17, 15) is 13.7 Å². The first kappa shape index (κ1) is 25.0. The van der Waals surface area contributed by atoms with Crippen LogP contribution in [-0.4, -0.2) is 74.4 Å². The van der Waals surface area contributed by atoms with Crippen molar-refractivity contribution in [2.24, 2.45) is 0 Å². The molecule has 0 spiro atoms. The van der Waals surface area contributed by atoms with Crippen LogP contribution in [0.1, 0.15) is 12.0 Å². The molecule has 0 bridgehead atoms. The Balaban J connectivity index is 1.27. The van der Waals surface area contributed by atoms with E-state index in [4.69, 9.17) is 9.47 Å². The second-order valence-electron chi connectivity index (χ2n) is 9.01. The molecule has 2 aromatic carbocycles. The molecule has 1 unspecified atom stereocenters. The molecule has 0 radical (unpaired) electrons. The van der Waals surface area contributed by atoms with Crippen LogP contribution < -0.4 is 15.0 Å². The molecular formula is C26H28N6O4S. The second-order valence-corrected chi connectivity index (χ2v) is 11.0. The van der Waals surface area contributed by atoms with Crippen molar-refractivity contribution in [1.82, 2.24) is 14.3 Å². The number of aromatic nitrogens is 2. The third kappa shape index (κ3) is 5.99. The first-order valence-corrected chi connectivity index (χ1v) is 13.9. The third-order valence-electron chi connectivity index (χ3n) is 6.42. The zero-order valence-electron chi connectivity index (χ0n) is 20.5. The Hall–Kier alpha value is -3.72. The molecule has 2 saturated heterocycles. The van der Waals surface area contributed by atoms with Gasteiger partial charge in [0.25, 0.3) is 0 Å². The van der Waals surface area contributed by atoms with E-state index in [1.165, 1.54) is 10.6 Å². The molecule has 0 saturated carbocycles. The van der Waals surface area contributed by atoms with Gasteiger partial charge in [0.15, 0.2) is 0 Å². The summed E-state index contributed by atoms with van der Waals surface area (Å²) in [6.45, 7) is 3.93. The first-order valence-electron chi connectivity index (χ1n) is 12.1. The number of nitriles is 1. The normalized spacial score (nSPS) is 18.4. The number of nitrogens with zero attached hydrogens (tertiary/aromatic N) is 5. The number of hydrogen-bond donors (Lipinski definition) is 1. The highest BCUT2D eigenvalue weighted by Crippen LogP contribution is 2.29. The van der Waals surface area contributed by atoms with Crippen LogP contribution >= 0.6 is 0 Å². The summed E-state index contributed by atoms with van der Waals surface area (Å²) >= 11 is 0. The molecule has 11 heteroatoms. The summed E-state index contributed by atoms with van der Waals surface area (Å²) < 4.78 is 36.3. The summed E-state index contributed by atoms with van der Waals surface area (Å²) in [5.41, 5.74) is 3.80. The predicted molar refractivity (Wildman–Crippen MR) is 140 cm³/mol. The Morgan fingerprint density at radius 3 is 2.59 bits per heavy atom. The smallest absolute Gasteiger partial charge is 0.227 e. The molecule has 5 rings (SSSR count). The maximum atomic E-state index is 11.8. The minimum atomic E-state index is -3.26. The van der Waals surface area contributed by atoms with Crippen molar-refractivity contribution in [3.63, 3.8) is 0 Å². The number of ether oxygens (including phenoxy) is 2. The van der Waals surface area contributed by atoms with Crippen LogP contribution in [0.5, 0.6) is 5.75 Å². The van der Waals surface area contributed by atoms with Crippen LogP contribution in [0.3, 0.4) is 0 Å². The maximum absolute atomic E-state index is 11.8. The molecule has 1 N–H and O–H groups in total. The summed E-state index contributed by atoms with van der Waals surface area (Å²) in [5.74, 6) is 0.877. The number of rotatable bonds is 7. The number of sulfonamides is 1. The van der Waals surface area contributed by atoms with E-state index in [1.807, 2.05) is 18.2 Å². The third-order valence-corrected chi connectivity index (χ3v) is 7.69. The largest absolute Gasteiger partial charge is 0.488 e. The summed E-state index contributed by atoms with van der Waals surface area (Å²) in [6, 6.07) is 17.4. The van der Waals surface area contributed by atoms with Gasteiger partial charge in [0.05, 0.1) is 37.3 Å². The lowest BCUT2D eigenvalue weighted by Crippen LogP contribution is -2.36. The lowest BCUT2D eigenvalue weighted by atomic mass is 10.1. The lowest BCUT2D eigenvalue weighted by molar-refractivity contribution is 0.122. The highest BCUT2D eigenvalue weighted by Gasteiger charge is 2.30. The Morgan fingerprint density at radius 2 is 1.89 bits per heavy atom. The molecule has 2 fully saturated rings. The predicted octanol–water partition coefficient (Wildman–Crippen LogP) is 3.01. The molecular weight excluding hydrogens is 492 g/mol. The summed E-state index contributed by atoms with van der Waals surface area (Å²) in [4.78, 5) is 11.2. The van der Waals surface area contributed by atoms with E-state index in [-0.39, 0.29) is 12.6 Å². The highest BCUT2D eigenvalue weighted by molar-refractivity contribution is 7.88. The quantitative estimate of drug-likeness (QED) is 0.501. The monoisotopic (exact) mass is 520 g/mol. The molecule has 3 heterocycles. The Labute approximate surface area is 216 Å². The van der Waals surface area contributed by atoms with Gasteiger partial charge in [0.1, 0.15) is 17.9 Å².